The highest BCUT2D eigenvalue weighted by molar-refractivity contribution is 6.42. The number of hydrogen-bond acceptors (Lipinski definition) is 3. The second-order valence-electron chi connectivity index (χ2n) is 7.25. The summed E-state index contributed by atoms with van der Waals surface area (Å²) in [5, 5.41) is 11.0. The van der Waals surface area contributed by atoms with Crippen LogP contribution in [0.2, 0.25) is 10.0 Å². The van der Waals surface area contributed by atoms with Gasteiger partial charge in [0.25, 0.3) is 0 Å². The van der Waals surface area contributed by atoms with Crippen LogP contribution in [-0.2, 0) is 15.7 Å². The summed E-state index contributed by atoms with van der Waals surface area (Å²) >= 11 is 12.7. The minimum absolute atomic E-state index is 0.0255. The fourth-order valence-corrected chi connectivity index (χ4v) is 4.02. The molecule has 2 aliphatic rings. The van der Waals surface area contributed by atoms with Gasteiger partial charge in [-0.3, -0.25) is 4.79 Å². The van der Waals surface area contributed by atoms with Crippen molar-refractivity contribution in [1.29, 1.82) is 0 Å². The Hall–Kier alpha value is -1.75. The van der Waals surface area contributed by atoms with Gasteiger partial charge in [-0.1, -0.05) is 41.4 Å². The smallest absolute Gasteiger partial charge is 0.234 e. The van der Waals surface area contributed by atoms with E-state index in [9.17, 15) is 4.79 Å². The van der Waals surface area contributed by atoms with Gasteiger partial charge in [-0.2, -0.15) is 0 Å². The largest absolute Gasteiger partial charge is 0.373 e. The van der Waals surface area contributed by atoms with Gasteiger partial charge in [0.15, 0.2) is 0 Å². The van der Waals surface area contributed by atoms with Crippen molar-refractivity contribution < 1.29 is 4.79 Å². The summed E-state index contributed by atoms with van der Waals surface area (Å²) in [6.45, 7) is 5.37. The fourth-order valence-electron chi connectivity index (χ4n) is 3.54. The van der Waals surface area contributed by atoms with Crippen LogP contribution in [-0.4, -0.2) is 19.0 Å². The highest BCUT2D eigenvalue weighted by Gasteiger charge is 2.42. The van der Waals surface area contributed by atoms with E-state index in [0.29, 0.717) is 10.0 Å². The molecular weight excluding hydrogens is 357 g/mol. The van der Waals surface area contributed by atoms with E-state index >= 15 is 0 Å². The molecule has 2 aromatic rings. The van der Waals surface area contributed by atoms with Crippen LogP contribution in [0.5, 0.6) is 0 Å². The molecule has 6 heteroatoms. The van der Waals surface area contributed by atoms with Crippen molar-refractivity contribution in [3.63, 3.8) is 0 Å². The Morgan fingerprint density at radius 2 is 1.84 bits per heavy atom. The summed E-state index contributed by atoms with van der Waals surface area (Å²) in [4.78, 5) is 12.1. The van der Waals surface area contributed by atoms with Gasteiger partial charge < -0.3 is 16.0 Å². The summed E-state index contributed by atoms with van der Waals surface area (Å²) < 4.78 is 0. The van der Waals surface area contributed by atoms with Crippen LogP contribution in [0.1, 0.15) is 25.0 Å². The first-order chi connectivity index (χ1) is 11.8. The molecule has 1 amide bonds. The number of hydrogen-bond donors (Lipinski definition) is 3. The molecule has 0 saturated carbocycles. The maximum absolute atomic E-state index is 12.1. The van der Waals surface area contributed by atoms with Crippen LogP contribution >= 0.6 is 23.2 Å². The number of rotatable bonds is 3. The van der Waals surface area contributed by atoms with E-state index in [1.165, 1.54) is 0 Å². The molecule has 1 saturated heterocycles. The average molecular weight is 376 g/mol. The third kappa shape index (κ3) is 2.51. The van der Waals surface area contributed by atoms with Gasteiger partial charge in [0.1, 0.15) is 0 Å². The molecule has 3 N–H and O–H groups in total. The van der Waals surface area contributed by atoms with Gasteiger partial charge in [-0.15, -0.1) is 0 Å². The van der Waals surface area contributed by atoms with Crippen LogP contribution in [0.25, 0.3) is 0 Å². The van der Waals surface area contributed by atoms with Crippen molar-refractivity contribution in [2.24, 2.45) is 0 Å². The number of halogens is 2. The molecule has 0 spiro atoms. The summed E-state index contributed by atoms with van der Waals surface area (Å²) in [6, 6.07) is 11.7. The fraction of sp³-hybridized carbons (Fsp3) is 0.316. The number of anilines is 2. The average Bonchev–Trinajstić information content (AvgIpc) is 2.75. The zero-order chi connectivity index (χ0) is 17.8. The summed E-state index contributed by atoms with van der Waals surface area (Å²) in [5.41, 5.74) is 2.98. The molecule has 25 heavy (non-hydrogen) atoms. The van der Waals surface area contributed by atoms with Crippen LogP contribution in [0, 0.1) is 0 Å². The number of carbonyl (C=O) groups is 1. The van der Waals surface area contributed by atoms with Crippen molar-refractivity contribution in [1.82, 2.24) is 5.32 Å². The maximum atomic E-state index is 12.1. The molecule has 0 aromatic heterocycles. The molecule has 0 aliphatic carbocycles. The lowest BCUT2D eigenvalue weighted by molar-refractivity contribution is -0.119. The molecule has 0 bridgehead atoms. The molecule has 1 fully saturated rings. The first kappa shape index (κ1) is 16.7. The van der Waals surface area contributed by atoms with E-state index in [0.717, 1.165) is 35.6 Å². The second kappa shape index (κ2) is 5.63. The summed E-state index contributed by atoms with van der Waals surface area (Å²) in [5.74, 6) is 0.0255. The summed E-state index contributed by atoms with van der Waals surface area (Å²) in [6.07, 6.45) is 0. The van der Waals surface area contributed by atoms with Gasteiger partial charge in [0, 0.05) is 30.0 Å². The number of amides is 1. The lowest BCUT2D eigenvalue weighted by atomic mass is 9.83. The lowest BCUT2D eigenvalue weighted by Gasteiger charge is -2.45. The molecule has 0 atom stereocenters. The van der Waals surface area contributed by atoms with Crippen molar-refractivity contribution in [2.75, 3.05) is 23.7 Å². The van der Waals surface area contributed by atoms with Crippen molar-refractivity contribution in [3.8, 4) is 0 Å². The number of nitrogens with one attached hydrogen (secondary N) is 3. The third-order valence-corrected chi connectivity index (χ3v) is 6.03. The number of benzene rings is 2. The second-order valence-corrected chi connectivity index (χ2v) is 8.04. The SMILES string of the molecule is CC1(C)C(=O)Nc2cc(NC3(c4cccc(Cl)c4Cl)CNC3)ccc21. The topological polar surface area (TPSA) is 53.2 Å². The Kier molecular flexibility index (Phi) is 3.76. The van der Waals surface area contributed by atoms with Gasteiger partial charge in [-0.25, -0.2) is 0 Å². The quantitative estimate of drug-likeness (QED) is 0.755. The van der Waals surface area contributed by atoms with E-state index in [1.54, 1.807) is 6.07 Å². The van der Waals surface area contributed by atoms with Crippen LogP contribution in [0.3, 0.4) is 0 Å². The van der Waals surface area contributed by atoms with E-state index in [4.69, 9.17) is 23.2 Å². The van der Waals surface area contributed by atoms with E-state index < -0.39 is 5.41 Å². The molecular formula is C19H19Cl2N3O. The van der Waals surface area contributed by atoms with Crippen molar-refractivity contribution in [2.45, 2.75) is 24.8 Å². The van der Waals surface area contributed by atoms with Crippen molar-refractivity contribution in [3.05, 3.63) is 57.6 Å². The van der Waals surface area contributed by atoms with Crippen molar-refractivity contribution >= 4 is 40.5 Å². The van der Waals surface area contributed by atoms with Crippen LogP contribution in [0.4, 0.5) is 11.4 Å². The molecule has 2 aromatic carbocycles. The van der Waals surface area contributed by atoms with Gasteiger partial charge >= 0.3 is 0 Å². The first-order valence-electron chi connectivity index (χ1n) is 8.23. The minimum atomic E-state index is -0.500. The number of fused-ring (bicyclic) bond motifs is 1. The predicted octanol–water partition coefficient (Wildman–Crippen LogP) is 4.13. The molecule has 130 valence electrons. The molecule has 4 rings (SSSR count). The summed E-state index contributed by atoms with van der Waals surface area (Å²) in [7, 11) is 0. The van der Waals surface area contributed by atoms with E-state index in [2.05, 4.69) is 16.0 Å². The molecule has 0 unspecified atom stereocenters. The Morgan fingerprint density at radius 1 is 1.08 bits per heavy atom. The molecule has 2 aliphatic heterocycles. The minimum Gasteiger partial charge on any atom is -0.373 e. The predicted molar refractivity (Wildman–Crippen MR) is 103 cm³/mol. The zero-order valence-electron chi connectivity index (χ0n) is 14.0. The normalized spacial score (nSPS) is 19.8. The third-order valence-electron chi connectivity index (χ3n) is 5.21. The van der Waals surface area contributed by atoms with E-state index in [1.807, 2.05) is 44.2 Å². The van der Waals surface area contributed by atoms with E-state index in [-0.39, 0.29) is 11.4 Å². The standard InChI is InChI=1S/C19H19Cl2N3O/c1-18(2)12-7-6-11(8-15(12)23-17(18)25)24-19(9-22-10-19)13-4-3-5-14(20)16(13)21/h3-8,22,24H,9-10H2,1-2H3,(H,23,25). The molecule has 4 nitrogen and oxygen atoms in total. The Labute approximate surface area is 156 Å². The molecule has 2 heterocycles. The maximum Gasteiger partial charge on any atom is 0.234 e. The molecule has 0 radical (unpaired) electrons. The monoisotopic (exact) mass is 375 g/mol. The van der Waals surface area contributed by atoms with Gasteiger partial charge in [-0.05, 0) is 37.6 Å². The van der Waals surface area contributed by atoms with Gasteiger partial charge in [0.05, 0.1) is 21.0 Å². The lowest BCUT2D eigenvalue weighted by Crippen LogP contribution is -2.61. The first-order valence-corrected chi connectivity index (χ1v) is 8.98. The Bertz CT molecular complexity index is 875. The van der Waals surface area contributed by atoms with Gasteiger partial charge in [0.2, 0.25) is 5.91 Å². The van der Waals surface area contributed by atoms with Crippen LogP contribution < -0.4 is 16.0 Å². The zero-order valence-corrected chi connectivity index (χ0v) is 15.6. The highest BCUT2D eigenvalue weighted by atomic mass is 35.5. The Balaban J connectivity index is 1.69. The van der Waals surface area contributed by atoms with Crippen LogP contribution in [0.15, 0.2) is 36.4 Å². The number of carbonyl (C=O) groups excluding carboxylic acids is 1. The Morgan fingerprint density at radius 3 is 2.52 bits per heavy atom. The highest BCUT2D eigenvalue weighted by Crippen LogP contribution is 2.41.